The predicted octanol–water partition coefficient (Wildman–Crippen LogP) is 5.21. The summed E-state index contributed by atoms with van der Waals surface area (Å²) in [7, 11) is -3.45. The first-order chi connectivity index (χ1) is 16.5. The summed E-state index contributed by atoms with van der Waals surface area (Å²) >= 11 is 0. The Kier molecular flexibility index (Phi) is 6.44. The van der Waals surface area contributed by atoms with Gasteiger partial charge in [-0.15, -0.1) is 0 Å². The summed E-state index contributed by atoms with van der Waals surface area (Å²) in [4.78, 5) is 12.1. The van der Waals surface area contributed by atoms with Gasteiger partial charge in [0.25, 0.3) is 0 Å². The second-order valence-corrected chi connectivity index (χ2v) is 9.89. The molecule has 0 amide bonds. The Balaban J connectivity index is 1.81. The van der Waals surface area contributed by atoms with E-state index in [4.69, 9.17) is 9.15 Å². The van der Waals surface area contributed by atoms with Crippen LogP contribution in [0.3, 0.4) is 0 Å². The number of halogens is 3. The van der Waals surface area contributed by atoms with Gasteiger partial charge in [-0.3, -0.25) is 0 Å². The third-order valence-electron chi connectivity index (χ3n) is 5.01. The standard InChI is InChI=1S/C24H18F3NO6S/c1-35(31,32)12-28-19-10-20-16(9-21(19)33-11-13-2-7-17(26)18(27)8-13)22(24(29)30)23(34-20)14-3-5-15(25)6-4-14/h2-10,28H,11-12H2,1H3,(H,29,30). The molecule has 0 unspecified atom stereocenters. The first kappa shape index (κ1) is 24.1. The molecule has 7 nitrogen and oxygen atoms in total. The minimum Gasteiger partial charge on any atom is -0.487 e. The number of carbonyl (C=O) groups is 1. The van der Waals surface area contributed by atoms with Crippen LogP contribution in [0.4, 0.5) is 18.9 Å². The quantitative estimate of drug-likeness (QED) is 0.339. The van der Waals surface area contributed by atoms with Crippen molar-refractivity contribution >= 4 is 32.5 Å². The summed E-state index contributed by atoms with van der Waals surface area (Å²) in [5, 5.41) is 12.7. The van der Waals surface area contributed by atoms with E-state index in [2.05, 4.69) is 5.32 Å². The maximum atomic E-state index is 13.6. The van der Waals surface area contributed by atoms with E-state index in [0.29, 0.717) is 5.56 Å². The number of nitrogens with one attached hydrogen (secondary N) is 1. The van der Waals surface area contributed by atoms with Crippen molar-refractivity contribution < 1.29 is 40.6 Å². The zero-order valence-electron chi connectivity index (χ0n) is 18.1. The lowest BCUT2D eigenvalue weighted by Gasteiger charge is -2.13. The van der Waals surface area contributed by atoms with Gasteiger partial charge in [0.2, 0.25) is 0 Å². The van der Waals surface area contributed by atoms with Crippen LogP contribution in [0.15, 0.2) is 59.0 Å². The van der Waals surface area contributed by atoms with Crippen molar-refractivity contribution in [2.45, 2.75) is 6.61 Å². The highest BCUT2D eigenvalue weighted by atomic mass is 32.2. The van der Waals surface area contributed by atoms with Gasteiger partial charge in [-0.1, -0.05) is 6.07 Å². The molecule has 11 heteroatoms. The van der Waals surface area contributed by atoms with Gasteiger partial charge in [0.1, 0.15) is 41.0 Å². The number of anilines is 1. The lowest BCUT2D eigenvalue weighted by Crippen LogP contribution is -2.13. The molecule has 0 bridgehead atoms. The average molecular weight is 505 g/mol. The highest BCUT2D eigenvalue weighted by molar-refractivity contribution is 7.90. The fourth-order valence-electron chi connectivity index (χ4n) is 3.40. The maximum Gasteiger partial charge on any atom is 0.340 e. The lowest BCUT2D eigenvalue weighted by atomic mass is 10.0. The summed E-state index contributed by atoms with van der Waals surface area (Å²) in [6.45, 7) is -0.221. The highest BCUT2D eigenvalue weighted by Crippen LogP contribution is 2.39. The number of hydrogen-bond acceptors (Lipinski definition) is 6. The average Bonchev–Trinajstić information content (AvgIpc) is 3.16. The van der Waals surface area contributed by atoms with E-state index in [1.54, 1.807) is 0 Å². The summed E-state index contributed by atoms with van der Waals surface area (Å²) < 4.78 is 75.0. The molecular weight excluding hydrogens is 487 g/mol. The van der Waals surface area contributed by atoms with Crippen molar-refractivity contribution in [3.05, 3.63) is 83.2 Å². The van der Waals surface area contributed by atoms with Crippen molar-refractivity contribution in [1.29, 1.82) is 0 Å². The topological polar surface area (TPSA) is 106 Å². The predicted molar refractivity (Wildman–Crippen MR) is 123 cm³/mol. The molecule has 4 aromatic rings. The molecule has 0 spiro atoms. The molecule has 1 aromatic heterocycles. The van der Waals surface area contributed by atoms with Gasteiger partial charge in [0.05, 0.1) is 5.69 Å². The Morgan fingerprint density at radius 2 is 1.74 bits per heavy atom. The molecule has 182 valence electrons. The zero-order chi connectivity index (χ0) is 25.3. The number of carboxylic acid groups (broad SMARTS) is 1. The summed E-state index contributed by atoms with van der Waals surface area (Å²) in [6, 6.07) is 11.0. The van der Waals surface area contributed by atoms with Gasteiger partial charge in [-0.25, -0.2) is 26.4 Å². The van der Waals surface area contributed by atoms with Crippen molar-refractivity contribution in [3.8, 4) is 17.1 Å². The largest absolute Gasteiger partial charge is 0.487 e. The first-order valence-corrected chi connectivity index (χ1v) is 12.2. The molecule has 4 rings (SSSR count). The van der Waals surface area contributed by atoms with Crippen LogP contribution in [0.25, 0.3) is 22.3 Å². The number of hydrogen-bond donors (Lipinski definition) is 2. The maximum absolute atomic E-state index is 13.6. The smallest absolute Gasteiger partial charge is 0.340 e. The van der Waals surface area contributed by atoms with Crippen molar-refractivity contribution in [3.63, 3.8) is 0 Å². The third-order valence-corrected chi connectivity index (χ3v) is 5.68. The number of carboxylic acids is 1. The van der Waals surface area contributed by atoms with Crippen molar-refractivity contribution in [2.75, 3.05) is 17.4 Å². The van der Waals surface area contributed by atoms with Gasteiger partial charge < -0.3 is 19.6 Å². The normalized spacial score (nSPS) is 11.5. The Morgan fingerprint density at radius 3 is 2.37 bits per heavy atom. The number of sulfone groups is 1. The van der Waals surface area contributed by atoms with E-state index in [1.807, 2.05) is 0 Å². The molecule has 0 atom stereocenters. The van der Waals surface area contributed by atoms with Crippen LogP contribution >= 0.6 is 0 Å². The fourth-order valence-corrected chi connectivity index (χ4v) is 3.81. The number of aromatic carboxylic acids is 1. The molecule has 3 aromatic carbocycles. The van der Waals surface area contributed by atoms with Gasteiger partial charge in [-0.05, 0) is 48.0 Å². The monoisotopic (exact) mass is 505 g/mol. The van der Waals surface area contributed by atoms with Gasteiger partial charge in [0, 0.05) is 23.3 Å². The van der Waals surface area contributed by atoms with Crippen LogP contribution in [0, 0.1) is 17.5 Å². The highest BCUT2D eigenvalue weighted by Gasteiger charge is 2.24. The lowest BCUT2D eigenvalue weighted by molar-refractivity contribution is 0.0699. The first-order valence-electron chi connectivity index (χ1n) is 10.1. The summed E-state index contributed by atoms with van der Waals surface area (Å²) in [5.41, 5.74) is 0.671. The van der Waals surface area contributed by atoms with Crippen molar-refractivity contribution in [1.82, 2.24) is 0 Å². The van der Waals surface area contributed by atoms with Crippen LogP contribution in [0.5, 0.6) is 5.75 Å². The van der Waals surface area contributed by atoms with E-state index in [-0.39, 0.29) is 45.9 Å². The molecule has 2 N–H and O–H groups in total. The number of fused-ring (bicyclic) bond motifs is 1. The molecule has 0 fully saturated rings. The van der Waals surface area contributed by atoms with Gasteiger partial charge >= 0.3 is 5.97 Å². The Hall–Kier alpha value is -3.99. The van der Waals surface area contributed by atoms with Crippen molar-refractivity contribution in [2.24, 2.45) is 0 Å². The molecule has 1 heterocycles. The molecule has 0 aliphatic rings. The van der Waals surface area contributed by atoms with Crippen LogP contribution in [0.1, 0.15) is 15.9 Å². The third kappa shape index (κ3) is 5.40. The minimum absolute atomic E-state index is 0.0284. The van der Waals surface area contributed by atoms with Crippen LogP contribution in [-0.4, -0.2) is 31.6 Å². The van der Waals surface area contributed by atoms with Crippen LogP contribution in [0.2, 0.25) is 0 Å². The summed E-state index contributed by atoms with van der Waals surface area (Å²) in [5.74, 6) is -4.35. The number of rotatable bonds is 8. The van der Waals surface area contributed by atoms with Gasteiger partial charge in [0.15, 0.2) is 21.5 Å². The van der Waals surface area contributed by atoms with E-state index < -0.39 is 39.1 Å². The summed E-state index contributed by atoms with van der Waals surface area (Å²) in [6.07, 6.45) is 1.02. The molecule has 0 saturated carbocycles. The second kappa shape index (κ2) is 9.34. The molecule has 0 aliphatic carbocycles. The molecule has 0 aliphatic heterocycles. The minimum atomic E-state index is -3.45. The van der Waals surface area contributed by atoms with Gasteiger partial charge in [-0.2, -0.15) is 0 Å². The van der Waals surface area contributed by atoms with E-state index >= 15 is 0 Å². The fraction of sp³-hybridized carbons (Fsp3) is 0.125. The van der Waals surface area contributed by atoms with Crippen LogP contribution in [-0.2, 0) is 16.4 Å². The Morgan fingerprint density at radius 1 is 1.03 bits per heavy atom. The Bertz CT molecular complexity index is 1530. The van der Waals surface area contributed by atoms with Crippen LogP contribution < -0.4 is 10.1 Å². The number of benzene rings is 3. The second-order valence-electron chi connectivity index (χ2n) is 7.75. The zero-order valence-corrected chi connectivity index (χ0v) is 19.0. The molecule has 0 radical (unpaired) electrons. The van der Waals surface area contributed by atoms with E-state index in [9.17, 15) is 31.5 Å². The molecular formula is C24H18F3NO6S. The number of ether oxygens (including phenoxy) is 1. The molecule has 0 saturated heterocycles. The SMILES string of the molecule is CS(=O)(=O)CNc1cc2oc(-c3ccc(F)cc3)c(C(=O)O)c2cc1OCc1ccc(F)c(F)c1. The molecule has 35 heavy (non-hydrogen) atoms. The van der Waals surface area contributed by atoms with E-state index in [1.165, 1.54) is 30.3 Å². The number of furan rings is 1. The van der Waals surface area contributed by atoms with E-state index in [0.717, 1.165) is 30.5 Å². The Labute approximate surface area is 197 Å².